The minimum absolute atomic E-state index is 0.751. The van der Waals surface area contributed by atoms with Crippen LogP contribution in [-0.2, 0) is 6.42 Å². The molecule has 2 heteroatoms. The average Bonchev–Trinajstić information content (AvgIpc) is 2.63. The molecule has 0 saturated heterocycles. The Morgan fingerprint density at radius 3 is 2.04 bits per heavy atom. The maximum Gasteiger partial charge on any atom is 0.0175 e. The Balaban J connectivity index is 1.37. The monoisotopic (exact) mass is 408 g/mol. The number of halogens is 2. The van der Waals surface area contributed by atoms with Crippen molar-refractivity contribution in [1.82, 2.24) is 0 Å². The number of rotatable bonds is 5. The highest BCUT2D eigenvalue weighted by molar-refractivity contribution is 9.10. The van der Waals surface area contributed by atoms with E-state index in [1.165, 1.54) is 74.2 Å². The third-order valence-electron chi connectivity index (χ3n) is 6.47. The normalized spacial score (nSPS) is 31.4. The van der Waals surface area contributed by atoms with Crippen molar-refractivity contribution in [2.45, 2.75) is 64.2 Å². The molecule has 0 radical (unpaired) electrons. The largest absolute Gasteiger partial charge is 0.0933 e. The maximum absolute atomic E-state index is 5.73. The molecule has 0 spiro atoms. The number of aryl methyl sites for hydroxylation is 1. The molecule has 0 aliphatic heterocycles. The van der Waals surface area contributed by atoms with Gasteiger partial charge in [0.1, 0.15) is 0 Å². The van der Waals surface area contributed by atoms with Gasteiger partial charge in [0, 0.05) is 10.0 Å². The van der Waals surface area contributed by atoms with Crippen LogP contribution in [0.2, 0.25) is 0 Å². The van der Waals surface area contributed by atoms with Gasteiger partial charge in [-0.05, 0) is 92.7 Å². The molecular formula is C22H30BrCl. The van der Waals surface area contributed by atoms with Crippen LogP contribution >= 0.6 is 27.5 Å². The summed E-state index contributed by atoms with van der Waals surface area (Å²) in [5.41, 5.74) is 3.22. The number of hydrogen-bond acceptors (Lipinski definition) is 0. The Morgan fingerprint density at radius 2 is 1.46 bits per heavy atom. The lowest BCUT2D eigenvalue weighted by Crippen LogP contribution is -2.25. The molecule has 0 atom stereocenters. The highest BCUT2D eigenvalue weighted by Crippen LogP contribution is 2.42. The minimum Gasteiger partial charge on any atom is -0.0933 e. The van der Waals surface area contributed by atoms with Crippen LogP contribution in [0.1, 0.15) is 63.4 Å². The molecule has 132 valence electrons. The lowest BCUT2D eigenvalue weighted by molar-refractivity contribution is 0.153. The Kier molecular flexibility index (Phi) is 7.28. The van der Waals surface area contributed by atoms with Gasteiger partial charge in [0.25, 0.3) is 0 Å². The van der Waals surface area contributed by atoms with Crippen molar-refractivity contribution in [1.29, 1.82) is 0 Å². The van der Waals surface area contributed by atoms with E-state index in [1.54, 1.807) is 5.54 Å². The maximum atomic E-state index is 5.73. The van der Waals surface area contributed by atoms with Crippen LogP contribution in [0.4, 0.5) is 0 Å². The van der Waals surface area contributed by atoms with Gasteiger partial charge in [-0.15, -0.1) is 0 Å². The van der Waals surface area contributed by atoms with Crippen molar-refractivity contribution in [3.05, 3.63) is 45.9 Å². The molecule has 2 saturated carbocycles. The average molecular weight is 410 g/mol. The first kappa shape index (κ1) is 18.5. The molecule has 0 bridgehead atoms. The Bertz CT molecular complexity index is 505. The van der Waals surface area contributed by atoms with Crippen LogP contribution < -0.4 is 0 Å². The Morgan fingerprint density at radius 1 is 0.875 bits per heavy atom. The zero-order valence-electron chi connectivity index (χ0n) is 14.6. The van der Waals surface area contributed by atoms with Crippen molar-refractivity contribution in [2.75, 3.05) is 0 Å². The second-order valence-corrected chi connectivity index (χ2v) is 9.11. The van der Waals surface area contributed by atoms with Gasteiger partial charge in [-0.3, -0.25) is 0 Å². The molecule has 0 amide bonds. The fourth-order valence-corrected chi connectivity index (χ4v) is 5.35. The molecule has 2 fully saturated rings. The summed E-state index contributed by atoms with van der Waals surface area (Å²) >= 11 is 9.25. The van der Waals surface area contributed by atoms with Crippen LogP contribution in [0.3, 0.4) is 0 Å². The lowest BCUT2D eigenvalue weighted by Gasteiger charge is -2.37. The predicted octanol–water partition coefficient (Wildman–Crippen LogP) is 7.75. The third-order valence-corrected chi connectivity index (χ3v) is 7.15. The Hall–Kier alpha value is -0.270. The molecule has 2 aliphatic rings. The molecule has 0 N–H and O–H groups in total. The molecule has 0 unspecified atom stereocenters. The molecule has 1 aromatic rings. The summed E-state index contributed by atoms with van der Waals surface area (Å²) < 4.78 is 1.18. The van der Waals surface area contributed by atoms with E-state index in [-0.39, 0.29) is 0 Å². The van der Waals surface area contributed by atoms with E-state index in [1.807, 2.05) is 0 Å². The van der Waals surface area contributed by atoms with E-state index in [0.29, 0.717) is 0 Å². The molecule has 0 nitrogen and oxygen atoms in total. The van der Waals surface area contributed by atoms with Crippen LogP contribution in [0.25, 0.3) is 0 Å². The first-order valence-corrected chi connectivity index (χ1v) is 11.0. The van der Waals surface area contributed by atoms with E-state index in [2.05, 4.69) is 46.3 Å². The zero-order chi connectivity index (χ0) is 16.8. The molecule has 0 aromatic heterocycles. The summed E-state index contributed by atoms with van der Waals surface area (Å²) in [5.74, 6) is 3.72. The summed E-state index contributed by atoms with van der Waals surface area (Å²) in [6, 6.07) is 8.87. The van der Waals surface area contributed by atoms with E-state index in [0.717, 1.165) is 23.7 Å². The van der Waals surface area contributed by atoms with Crippen LogP contribution in [0, 0.1) is 23.7 Å². The van der Waals surface area contributed by atoms with Gasteiger partial charge in [0.2, 0.25) is 0 Å². The molecular weight excluding hydrogens is 380 g/mol. The van der Waals surface area contributed by atoms with E-state index in [9.17, 15) is 0 Å². The van der Waals surface area contributed by atoms with Crippen molar-refractivity contribution in [3.8, 4) is 0 Å². The summed E-state index contributed by atoms with van der Waals surface area (Å²) in [5, 5.41) is 0. The molecule has 1 aromatic carbocycles. The van der Waals surface area contributed by atoms with Crippen LogP contribution in [0.15, 0.2) is 40.3 Å². The second kappa shape index (κ2) is 9.43. The highest BCUT2D eigenvalue weighted by atomic mass is 79.9. The highest BCUT2D eigenvalue weighted by Gasteiger charge is 2.30. The fraction of sp³-hybridized carbons (Fsp3) is 0.636. The first-order chi connectivity index (χ1) is 11.7. The molecule has 24 heavy (non-hydrogen) atoms. The minimum atomic E-state index is 0.751. The number of benzene rings is 1. The van der Waals surface area contributed by atoms with Crippen molar-refractivity contribution >= 4 is 27.5 Å². The van der Waals surface area contributed by atoms with Crippen molar-refractivity contribution < 1.29 is 0 Å². The van der Waals surface area contributed by atoms with Gasteiger partial charge < -0.3 is 0 Å². The van der Waals surface area contributed by atoms with Crippen molar-refractivity contribution in [2.24, 2.45) is 23.7 Å². The fourth-order valence-electron chi connectivity index (χ4n) is 4.88. The standard InChI is InChI=1S/C22H30BrCl/c23-22-13-7-18(8-14-22)2-1-17-3-9-20(10-4-17)21-11-5-19(6-12-21)15-16-24/h7-8,13-17,19-21H,1-6,9-12H2/b16-15+. The summed E-state index contributed by atoms with van der Waals surface area (Å²) in [4.78, 5) is 0. The summed E-state index contributed by atoms with van der Waals surface area (Å²) in [7, 11) is 0. The van der Waals surface area contributed by atoms with Gasteiger partial charge in [-0.2, -0.15) is 0 Å². The van der Waals surface area contributed by atoms with E-state index in [4.69, 9.17) is 11.6 Å². The van der Waals surface area contributed by atoms with Gasteiger partial charge in [0.05, 0.1) is 0 Å². The topological polar surface area (TPSA) is 0 Å². The molecule has 0 heterocycles. The molecule has 2 aliphatic carbocycles. The Labute approximate surface area is 161 Å². The van der Waals surface area contributed by atoms with E-state index >= 15 is 0 Å². The van der Waals surface area contributed by atoms with Crippen LogP contribution in [-0.4, -0.2) is 0 Å². The van der Waals surface area contributed by atoms with Gasteiger partial charge >= 0.3 is 0 Å². The number of hydrogen-bond donors (Lipinski definition) is 0. The quantitative estimate of drug-likeness (QED) is 0.466. The van der Waals surface area contributed by atoms with E-state index < -0.39 is 0 Å². The summed E-state index contributed by atoms with van der Waals surface area (Å²) in [6.45, 7) is 0. The SMILES string of the molecule is Cl/C=C/C1CCC(C2CCC(CCc3ccc(Br)cc3)CC2)CC1. The first-order valence-electron chi connectivity index (χ1n) is 9.76. The zero-order valence-corrected chi connectivity index (χ0v) is 16.9. The van der Waals surface area contributed by atoms with Gasteiger partial charge in [-0.1, -0.05) is 58.6 Å². The van der Waals surface area contributed by atoms with Crippen LogP contribution in [0.5, 0.6) is 0 Å². The van der Waals surface area contributed by atoms with Crippen molar-refractivity contribution in [3.63, 3.8) is 0 Å². The molecule has 3 rings (SSSR count). The van der Waals surface area contributed by atoms with Gasteiger partial charge in [0.15, 0.2) is 0 Å². The predicted molar refractivity (Wildman–Crippen MR) is 108 cm³/mol. The van der Waals surface area contributed by atoms with Gasteiger partial charge in [-0.25, -0.2) is 0 Å². The third kappa shape index (κ3) is 5.36. The smallest absolute Gasteiger partial charge is 0.0175 e. The number of allylic oxidation sites excluding steroid dienone is 1. The lowest BCUT2D eigenvalue weighted by atomic mass is 9.68. The second-order valence-electron chi connectivity index (χ2n) is 7.94. The summed E-state index contributed by atoms with van der Waals surface area (Å²) in [6.07, 6.45) is 16.3.